The molecular formula is C22H21ClN2OS2. The molecule has 1 atom stereocenters. The maximum absolute atomic E-state index is 12.9. The summed E-state index contributed by atoms with van der Waals surface area (Å²) in [5.74, 6) is 0.347. The fourth-order valence-corrected chi connectivity index (χ4v) is 6.54. The summed E-state index contributed by atoms with van der Waals surface area (Å²) in [6, 6.07) is 10.0. The lowest BCUT2D eigenvalue weighted by Crippen LogP contribution is -2.26. The lowest BCUT2D eigenvalue weighted by molar-refractivity contribution is 0.103. The van der Waals surface area contributed by atoms with Crippen molar-refractivity contribution in [2.75, 3.05) is 5.32 Å². The molecule has 28 heavy (non-hydrogen) atoms. The zero-order chi connectivity index (χ0) is 20.1. The van der Waals surface area contributed by atoms with Crippen LogP contribution in [-0.2, 0) is 12.8 Å². The van der Waals surface area contributed by atoms with E-state index in [1.807, 2.05) is 24.3 Å². The highest BCUT2D eigenvalue weighted by molar-refractivity contribution is 7.22. The maximum atomic E-state index is 12.9. The zero-order valence-electron chi connectivity index (χ0n) is 16.1. The van der Waals surface area contributed by atoms with Gasteiger partial charge in [0.05, 0.1) is 10.6 Å². The predicted molar refractivity (Wildman–Crippen MR) is 119 cm³/mol. The number of nitriles is 1. The van der Waals surface area contributed by atoms with E-state index in [-0.39, 0.29) is 11.3 Å². The number of carbonyl (C=O) groups is 1. The summed E-state index contributed by atoms with van der Waals surface area (Å²) in [7, 11) is 0. The second-order valence-electron chi connectivity index (χ2n) is 8.32. The molecule has 0 fully saturated rings. The molecule has 1 amide bonds. The molecule has 0 saturated carbocycles. The minimum Gasteiger partial charge on any atom is -0.312 e. The van der Waals surface area contributed by atoms with Crippen molar-refractivity contribution in [3.63, 3.8) is 0 Å². The Morgan fingerprint density at radius 2 is 2.04 bits per heavy atom. The molecule has 1 N–H and O–H groups in total. The summed E-state index contributed by atoms with van der Waals surface area (Å²) in [5.41, 5.74) is 1.98. The summed E-state index contributed by atoms with van der Waals surface area (Å²) < 4.78 is 0.983. The molecule has 1 aliphatic rings. The molecule has 2 aromatic heterocycles. The van der Waals surface area contributed by atoms with Crippen LogP contribution in [0.25, 0.3) is 10.1 Å². The smallest absolute Gasteiger partial charge is 0.267 e. The quantitative estimate of drug-likeness (QED) is 0.483. The average Bonchev–Trinajstić information content (AvgIpc) is 3.17. The molecule has 3 aromatic rings. The van der Waals surface area contributed by atoms with Crippen LogP contribution in [0.3, 0.4) is 0 Å². The Kier molecular flexibility index (Phi) is 4.99. The van der Waals surface area contributed by atoms with Gasteiger partial charge in [-0.05, 0) is 42.2 Å². The number of rotatable bonds is 2. The molecule has 2 heterocycles. The van der Waals surface area contributed by atoms with Crippen LogP contribution >= 0.6 is 34.3 Å². The molecule has 0 unspecified atom stereocenters. The first-order valence-corrected chi connectivity index (χ1v) is 11.3. The van der Waals surface area contributed by atoms with E-state index in [0.717, 1.165) is 34.9 Å². The van der Waals surface area contributed by atoms with E-state index in [1.54, 1.807) is 11.3 Å². The van der Waals surface area contributed by atoms with Crippen LogP contribution in [-0.4, -0.2) is 5.91 Å². The molecule has 1 aromatic carbocycles. The number of nitrogens with zero attached hydrogens (tertiary/aromatic N) is 1. The van der Waals surface area contributed by atoms with Crippen molar-refractivity contribution in [2.24, 2.45) is 11.3 Å². The van der Waals surface area contributed by atoms with E-state index in [4.69, 9.17) is 11.6 Å². The minimum atomic E-state index is -0.242. The zero-order valence-corrected chi connectivity index (χ0v) is 18.4. The van der Waals surface area contributed by atoms with Gasteiger partial charge in [-0.15, -0.1) is 22.7 Å². The monoisotopic (exact) mass is 428 g/mol. The van der Waals surface area contributed by atoms with E-state index in [1.165, 1.54) is 16.2 Å². The topological polar surface area (TPSA) is 52.9 Å². The van der Waals surface area contributed by atoms with E-state index in [9.17, 15) is 10.1 Å². The van der Waals surface area contributed by atoms with Gasteiger partial charge < -0.3 is 5.32 Å². The first kappa shape index (κ1) is 19.4. The predicted octanol–water partition coefficient (Wildman–Crippen LogP) is 6.89. The molecular weight excluding hydrogens is 408 g/mol. The third kappa shape index (κ3) is 3.34. The molecule has 6 heteroatoms. The van der Waals surface area contributed by atoms with Gasteiger partial charge in [-0.1, -0.05) is 50.6 Å². The van der Waals surface area contributed by atoms with Gasteiger partial charge >= 0.3 is 0 Å². The number of nitrogens with one attached hydrogen (secondary N) is 1. The van der Waals surface area contributed by atoms with Gasteiger partial charge in [0.2, 0.25) is 0 Å². The standard InChI is InChI=1S/C22H21ClN2OS2/c1-22(2,3)12-8-9-13-15(11-24)21(28-17(13)10-12)25-20(26)19-18(23)14-6-4-5-7-16(14)27-19/h4-7,12H,8-10H2,1-3H3,(H,25,26)/t12-/m1/s1. The number of amides is 1. The van der Waals surface area contributed by atoms with E-state index in [2.05, 4.69) is 32.2 Å². The van der Waals surface area contributed by atoms with Gasteiger partial charge in [0.15, 0.2) is 0 Å². The highest BCUT2D eigenvalue weighted by Gasteiger charge is 2.32. The van der Waals surface area contributed by atoms with Crippen molar-refractivity contribution < 1.29 is 4.79 Å². The first-order chi connectivity index (χ1) is 13.3. The van der Waals surface area contributed by atoms with Crippen LogP contribution < -0.4 is 5.32 Å². The van der Waals surface area contributed by atoms with E-state index >= 15 is 0 Å². The van der Waals surface area contributed by atoms with Crippen molar-refractivity contribution in [3.05, 3.63) is 50.2 Å². The normalized spacial score (nSPS) is 16.6. The Bertz CT molecular complexity index is 1110. The Balaban J connectivity index is 1.65. The minimum absolute atomic E-state index is 0.239. The Labute approximate surface area is 178 Å². The summed E-state index contributed by atoms with van der Waals surface area (Å²) in [4.78, 5) is 14.6. The SMILES string of the molecule is CC(C)(C)[C@@H]1CCc2c(sc(NC(=O)c3sc4ccccc4c3Cl)c2C#N)C1. The van der Waals surface area contributed by atoms with Crippen molar-refractivity contribution in [3.8, 4) is 6.07 Å². The van der Waals surface area contributed by atoms with Gasteiger partial charge in [-0.25, -0.2) is 0 Å². The highest BCUT2D eigenvalue weighted by atomic mass is 35.5. The molecule has 144 valence electrons. The molecule has 0 bridgehead atoms. The van der Waals surface area contributed by atoms with Crippen LogP contribution in [0.4, 0.5) is 5.00 Å². The highest BCUT2D eigenvalue weighted by Crippen LogP contribution is 2.44. The van der Waals surface area contributed by atoms with E-state index in [0.29, 0.717) is 26.4 Å². The van der Waals surface area contributed by atoms with E-state index < -0.39 is 0 Å². The third-order valence-corrected chi connectivity index (χ3v) is 8.41. The maximum Gasteiger partial charge on any atom is 0.267 e. The summed E-state index contributed by atoms with van der Waals surface area (Å²) in [6.07, 6.45) is 2.95. The Morgan fingerprint density at radius 3 is 2.71 bits per heavy atom. The largest absolute Gasteiger partial charge is 0.312 e. The summed E-state index contributed by atoms with van der Waals surface area (Å²) >= 11 is 9.38. The summed E-state index contributed by atoms with van der Waals surface area (Å²) in [5, 5.41) is 14.7. The molecule has 0 aliphatic heterocycles. The molecule has 0 saturated heterocycles. The number of thiophene rings is 2. The molecule has 0 radical (unpaired) electrons. The van der Waals surface area contributed by atoms with Crippen molar-refractivity contribution in [2.45, 2.75) is 40.0 Å². The van der Waals surface area contributed by atoms with Gasteiger partial charge in [-0.3, -0.25) is 4.79 Å². The third-order valence-electron chi connectivity index (χ3n) is 5.57. The van der Waals surface area contributed by atoms with Crippen LogP contribution in [0.2, 0.25) is 5.02 Å². The molecule has 4 rings (SSSR count). The van der Waals surface area contributed by atoms with Gasteiger partial charge in [0.1, 0.15) is 15.9 Å². The Morgan fingerprint density at radius 1 is 1.29 bits per heavy atom. The number of carbonyl (C=O) groups excluding carboxylic acids is 1. The molecule has 0 spiro atoms. The van der Waals surface area contributed by atoms with Crippen LogP contribution in [0, 0.1) is 22.7 Å². The van der Waals surface area contributed by atoms with Crippen molar-refractivity contribution in [1.82, 2.24) is 0 Å². The van der Waals surface area contributed by atoms with Gasteiger partial charge in [0, 0.05) is 15.0 Å². The second-order valence-corrected chi connectivity index (χ2v) is 10.9. The number of hydrogen-bond donors (Lipinski definition) is 1. The van der Waals surface area contributed by atoms with Crippen LogP contribution in [0.1, 0.15) is 52.9 Å². The average molecular weight is 429 g/mol. The van der Waals surface area contributed by atoms with Crippen LogP contribution in [0.15, 0.2) is 24.3 Å². The fourth-order valence-electron chi connectivity index (χ4n) is 3.85. The lowest BCUT2D eigenvalue weighted by atomic mass is 9.72. The summed E-state index contributed by atoms with van der Waals surface area (Å²) in [6.45, 7) is 6.81. The number of benzene rings is 1. The number of anilines is 1. The number of hydrogen-bond acceptors (Lipinski definition) is 4. The number of fused-ring (bicyclic) bond motifs is 2. The fraction of sp³-hybridized carbons (Fsp3) is 0.364. The molecule has 3 nitrogen and oxygen atoms in total. The Hall–Kier alpha value is -1.87. The van der Waals surface area contributed by atoms with Crippen molar-refractivity contribution >= 4 is 55.3 Å². The number of halogens is 1. The van der Waals surface area contributed by atoms with Crippen molar-refractivity contribution in [1.29, 1.82) is 5.26 Å². The van der Waals surface area contributed by atoms with Crippen LogP contribution in [0.5, 0.6) is 0 Å². The van der Waals surface area contributed by atoms with Gasteiger partial charge in [-0.2, -0.15) is 5.26 Å². The second kappa shape index (κ2) is 7.18. The molecule has 1 aliphatic carbocycles. The first-order valence-electron chi connectivity index (χ1n) is 9.32. The van der Waals surface area contributed by atoms with Gasteiger partial charge in [0.25, 0.3) is 5.91 Å². The lowest BCUT2D eigenvalue weighted by Gasteiger charge is -2.33.